The number of pyridine rings is 1. The third-order valence-corrected chi connectivity index (χ3v) is 1.78. The molecular weight excluding hydrogens is 184 g/mol. The van der Waals surface area contributed by atoms with Crippen LogP contribution in [0.15, 0.2) is 18.3 Å². The predicted molar refractivity (Wildman–Crippen MR) is 49.6 cm³/mol. The molecule has 0 aliphatic rings. The maximum Gasteiger partial charge on any atom is 0.339 e. The highest BCUT2D eigenvalue weighted by molar-refractivity contribution is 5.88. The van der Waals surface area contributed by atoms with E-state index >= 15 is 0 Å². The highest BCUT2D eigenvalue weighted by Gasteiger charge is 2.08. The number of carbonyl (C=O) groups is 1. The van der Waals surface area contributed by atoms with Crippen LogP contribution in [0.3, 0.4) is 0 Å². The molecule has 0 saturated carbocycles. The first-order valence-electron chi connectivity index (χ1n) is 4.09. The topological polar surface area (TPSA) is 85.4 Å². The molecule has 0 amide bonds. The molecule has 0 radical (unpaired) electrons. The molecule has 3 N–H and O–H groups in total. The second-order valence-corrected chi connectivity index (χ2v) is 2.75. The van der Waals surface area contributed by atoms with Gasteiger partial charge in [-0.3, -0.25) is 4.98 Å². The van der Waals surface area contributed by atoms with Gasteiger partial charge in [-0.05, 0) is 12.1 Å². The van der Waals surface area contributed by atoms with Gasteiger partial charge in [-0.25, -0.2) is 4.79 Å². The molecule has 5 heteroatoms. The Labute approximate surface area is 81.5 Å². The lowest BCUT2D eigenvalue weighted by atomic mass is 10.2. The predicted octanol–water partition coefficient (Wildman–Crippen LogP) is -0.140. The van der Waals surface area contributed by atoms with Crippen LogP contribution in [0.4, 0.5) is 0 Å². The van der Waals surface area contributed by atoms with E-state index in [-0.39, 0.29) is 6.61 Å². The van der Waals surface area contributed by atoms with Crippen molar-refractivity contribution in [1.29, 1.82) is 0 Å². The quantitative estimate of drug-likeness (QED) is 0.657. The van der Waals surface area contributed by atoms with E-state index in [1.54, 1.807) is 12.1 Å². The van der Waals surface area contributed by atoms with Crippen LogP contribution in [0, 0.1) is 0 Å². The van der Waals surface area contributed by atoms with Gasteiger partial charge in [0.1, 0.15) is 0 Å². The number of rotatable bonds is 3. The molecule has 14 heavy (non-hydrogen) atoms. The molecule has 5 nitrogen and oxygen atoms in total. The van der Waals surface area contributed by atoms with Crippen LogP contribution < -0.4 is 5.73 Å². The van der Waals surface area contributed by atoms with Crippen molar-refractivity contribution in [3.8, 4) is 0 Å². The van der Waals surface area contributed by atoms with Crippen LogP contribution in [-0.2, 0) is 4.74 Å². The Kier molecular flexibility index (Phi) is 3.55. The minimum absolute atomic E-state index is 0.176. The average Bonchev–Trinajstić information content (AvgIpc) is 2.27. The average molecular weight is 196 g/mol. The largest absolute Gasteiger partial charge is 0.465 e. The van der Waals surface area contributed by atoms with Crippen molar-refractivity contribution < 1.29 is 14.6 Å². The fourth-order valence-corrected chi connectivity index (χ4v) is 0.957. The lowest BCUT2D eigenvalue weighted by Gasteiger charge is -2.07. The van der Waals surface area contributed by atoms with Crippen molar-refractivity contribution in [2.75, 3.05) is 13.7 Å². The monoisotopic (exact) mass is 196 g/mol. The van der Waals surface area contributed by atoms with Gasteiger partial charge in [-0.1, -0.05) is 0 Å². The molecule has 0 saturated heterocycles. The number of aromatic nitrogens is 1. The van der Waals surface area contributed by atoms with Gasteiger partial charge in [0.15, 0.2) is 0 Å². The van der Waals surface area contributed by atoms with Crippen molar-refractivity contribution in [3.05, 3.63) is 29.6 Å². The number of nitrogens with zero attached hydrogens (tertiary/aromatic N) is 1. The van der Waals surface area contributed by atoms with Crippen LogP contribution >= 0.6 is 0 Å². The van der Waals surface area contributed by atoms with Crippen LogP contribution in [0.25, 0.3) is 0 Å². The number of ether oxygens (including phenoxy) is 1. The van der Waals surface area contributed by atoms with E-state index in [4.69, 9.17) is 10.8 Å². The highest BCUT2D eigenvalue weighted by Crippen LogP contribution is 2.07. The van der Waals surface area contributed by atoms with Crippen LogP contribution in [0.5, 0.6) is 0 Å². The van der Waals surface area contributed by atoms with Crippen molar-refractivity contribution in [2.45, 2.75) is 6.04 Å². The van der Waals surface area contributed by atoms with Crippen molar-refractivity contribution in [3.63, 3.8) is 0 Å². The lowest BCUT2D eigenvalue weighted by molar-refractivity contribution is 0.0600. The summed E-state index contributed by atoms with van der Waals surface area (Å²) in [5, 5.41) is 8.76. The van der Waals surface area contributed by atoms with Gasteiger partial charge in [0.25, 0.3) is 0 Å². The highest BCUT2D eigenvalue weighted by atomic mass is 16.5. The first kappa shape index (κ1) is 10.6. The van der Waals surface area contributed by atoms with Crippen LogP contribution in [0.1, 0.15) is 22.1 Å². The summed E-state index contributed by atoms with van der Waals surface area (Å²) in [5.41, 5.74) is 6.43. The van der Waals surface area contributed by atoms with E-state index in [2.05, 4.69) is 9.72 Å². The standard InChI is InChI=1S/C9H12N2O3/c1-14-9(13)6-2-3-8(11-4-6)7(10)5-12/h2-4,7,12H,5,10H2,1H3/t7-/m0/s1. The number of carbonyl (C=O) groups excluding carboxylic acids is 1. The third-order valence-electron chi connectivity index (χ3n) is 1.78. The normalized spacial score (nSPS) is 12.2. The van der Waals surface area contributed by atoms with E-state index < -0.39 is 12.0 Å². The van der Waals surface area contributed by atoms with Gasteiger partial charge in [0.2, 0.25) is 0 Å². The van der Waals surface area contributed by atoms with E-state index in [9.17, 15) is 4.79 Å². The summed E-state index contributed by atoms with van der Waals surface area (Å²) in [6, 6.07) is 2.64. The van der Waals surface area contributed by atoms with E-state index in [0.717, 1.165) is 0 Å². The van der Waals surface area contributed by atoms with Gasteiger partial charge in [0, 0.05) is 6.20 Å². The fraction of sp³-hybridized carbons (Fsp3) is 0.333. The SMILES string of the molecule is COC(=O)c1ccc([C@@H](N)CO)nc1. The molecule has 0 spiro atoms. The number of hydrogen-bond acceptors (Lipinski definition) is 5. The lowest BCUT2D eigenvalue weighted by Crippen LogP contribution is -2.16. The first-order chi connectivity index (χ1) is 6.69. The summed E-state index contributed by atoms with van der Waals surface area (Å²) in [7, 11) is 1.30. The van der Waals surface area contributed by atoms with Gasteiger partial charge in [-0.2, -0.15) is 0 Å². The molecule has 0 bridgehead atoms. The first-order valence-corrected chi connectivity index (χ1v) is 4.09. The summed E-state index contributed by atoms with van der Waals surface area (Å²) in [4.78, 5) is 15.0. The Bertz CT molecular complexity index is 310. The maximum absolute atomic E-state index is 11.0. The zero-order chi connectivity index (χ0) is 10.6. The molecule has 0 aromatic carbocycles. The van der Waals surface area contributed by atoms with Gasteiger partial charge in [-0.15, -0.1) is 0 Å². The molecule has 0 aliphatic heterocycles. The molecule has 0 fully saturated rings. The number of aliphatic hydroxyl groups excluding tert-OH is 1. The molecule has 1 rings (SSSR count). The third kappa shape index (κ3) is 2.27. The van der Waals surface area contributed by atoms with Crippen LogP contribution in [-0.4, -0.2) is 29.8 Å². The second kappa shape index (κ2) is 4.69. The molecule has 1 atom stereocenters. The minimum atomic E-state index is -0.512. The minimum Gasteiger partial charge on any atom is -0.465 e. The summed E-state index contributed by atoms with van der Waals surface area (Å²) < 4.78 is 4.50. The fourth-order valence-electron chi connectivity index (χ4n) is 0.957. The number of aliphatic hydroxyl groups is 1. The summed E-state index contributed by atoms with van der Waals surface area (Å²) >= 11 is 0. The molecule has 1 aromatic rings. The Morgan fingerprint density at radius 1 is 1.71 bits per heavy atom. The molecular formula is C9H12N2O3. The van der Waals surface area contributed by atoms with Crippen molar-refractivity contribution in [2.24, 2.45) is 5.73 Å². The maximum atomic E-state index is 11.0. The smallest absolute Gasteiger partial charge is 0.339 e. The molecule has 0 unspecified atom stereocenters. The van der Waals surface area contributed by atoms with Crippen molar-refractivity contribution >= 4 is 5.97 Å². The molecule has 76 valence electrons. The van der Waals surface area contributed by atoms with E-state index in [1.165, 1.54) is 13.3 Å². The summed E-state index contributed by atoms with van der Waals surface area (Å²) in [6.07, 6.45) is 1.37. The molecule has 1 heterocycles. The number of methoxy groups -OCH3 is 1. The zero-order valence-corrected chi connectivity index (χ0v) is 7.80. The van der Waals surface area contributed by atoms with Crippen molar-refractivity contribution in [1.82, 2.24) is 4.98 Å². The van der Waals surface area contributed by atoms with Gasteiger partial charge in [0.05, 0.1) is 31.0 Å². The van der Waals surface area contributed by atoms with E-state index in [0.29, 0.717) is 11.3 Å². The summed E-state index contributed by atoms with van der Waals surface area (Å²) in [5.74, 6) is -0.443. The molecule has 1 aromatic heterocycles. The van der Waals surface area contributed by atoms with Gasteiger partial charge < -0.3 is 15.6 Å². The Balaban J connectivity index is 2.83. The zero-order valence-electron chi connectivity index (χ0n) is 7.80. The Morgan fingerprint density at radius 2 is 2.43 bits per heavy atom. The van der Waals surface area contributed by atoms with Gasteiger partial charge >= 0.3 is 5.97 Å². The Morgan fingerprint density at radius 3 is 2.86 bits per heavy atom. The summed E-state index contributed by atoms with van der Waals surface area (Å²) in [6.45, 7) is -0.176. The van der Waals surface area contributed by atoms with Crippen LogP contribution in [0.2, 0.25) is 0 Å². The van der Waals surface area contributed by atoms with E-state index in [1.807, 2.05) is 0 Å². The number of esters is 1. The second-order valence-electron chi connectivity index (χ2n) is 2.75. The number of hydrogen-bond donors (Lipinski definition) is 2. The number of nitrogens with two attached hydrogens (primary N) is 1. The molecule has 0 aliphatic carbocycles. The Hall–Kier alpha value is -1.46.